The van der Waals surface area contributed by atoms with Crippen LogP contribution < -0.4 is 4.74 Å². The van der Waals surface area contributed by atoms with E-state index in [0.717, 1.165) is 30.0 Å². The number of ether oxygens (including phenoxy) is 1. The third kappa shape index (κ3) is 4.36. The van der Waals surface area contributed by atoms with Crippen molar-refractivity contribution in [1.29, 1.82) is 0 Å². The zero-order valence-electron chi connectivity index (χ0n) is 17.0. The summed E-state index contributed by atoms with van der Waals surface area (Å²) < 4.78 is 13.5. The van der Waals surface area contributed by atoms with Crippen molar-refractivity contribution in [3.05, 3.63) is 108 Å². The molecule has 1 aliphatic carbocycles. The summed E-state index contributed by atoms with van der Waals surface area (Å²) in [6.07, 6.45) is 12.0. The molecule has 0 amide bonds. The highest BCUT2D eigenvalue weighted by Gasteiger charge is 2.11. The highest BCUT2D eigenvalue weighted by atomic mass is 16.5. The van der Waals surface area contributed by atoms with Crippen LogP contribution in [0.5, 0.6) is 5.75 Å². The molecule has 5 rings (SSSR count). The third-order valence-corrected chi connectivity index (χ3v) is 5.49. The van der Waals surface area contributed by atoms with Crippen LogP contribution in [0.2, 0.25) is 0 Å². The van der Waals surface area contributed by atoms with E-state index in [1.807, 2.05) is 41.1 Å². The van der Waals surface area contributed by atoms with Gasteiger partial charge in [0.05, 0.1) is 6.33 Å². The number of fused-ring (bicyclic) bond motifs is 1. The molecule has 0 radical (unpaired) electrons. The van der Waals surface area contributed by atoms with Crippen LogP contribution in [0.1, 0.15) is 39.4 Å². The molecule has 0 atom stereocenters. The first kappa shape index (κ1) is 19.1. The van der Waals surface area contributed by atoms with Crippen LogP contribution in [0.15, 0.2) is 83.8 Å². The molecule has 5 nitrogen and oxygen atoms in total. The summed E-state index contributed by atoms with van der Waals surface area (Å²) in [6.45, 7) is 0.357. The predicted molar refractivity (Wildman–Crippen MR) is 118 cm³/mol. The Bertz CT molecular complexity index is 1220. The number of furan rings is 1. The van der Waals surface area contributed by atoms with Gasteiger partial charge < -0.3 is 13.7 Å². The number of benzene rings is 2. The second-order valence-corrected chi connectivity index (χ2v) is 7.59. The van der Waals surface area contributed by atoms with E-state index >= 15 is 0 Å². The first-order chi connectivity index (χ1) is 15.2. The van der Waals surface area contributed by atoms with Crippen molar-refractivity contribution in [3.63, 3.8) is 0 Å². The lowest BCUT2D eigenvalue weighted by molar-refractivity contribution is 0.104. The van der Waals surface area contributed by atoms with E-state index in [0.29, 0.717) is 17.9 Å². The van der Waals surface area contributed by atoms with Crippen molar-refractivity contribution in [2.75, 3.05) is 0 Å². The molecule has 4 aromatic rings. The molecule has 2 aromatic heterocycles. The summed E-state index contributed by atoms with van der Waals surface area (Å²) in [6, 6.07) is 17.4. The Labute approximate surface area is 180 Å². The van der Waals surface area contributed by atoms with Gasteiger partial charge in [-0.2, -0.15) is 0 Å². The lowest BCUT2D eigenvalue weighted by atomic mass is 10.1. The monoisotopic (exact) mass is 410 g/mol. The SMILES string of the molecule is O=C(/C=C/c1ccc(COc2ccc3c(c2)CCC3)o1)c1ccc(-n2ccnc2)cc1. The van der Waals surface area contributed by atoms with Crippen molar-refractivity contribution < 1.29 is 13.9 Å². The van der Waals surface area contributed by atoms with E-state index in [9.17, 15) is 4.79 Å². The average Bonchev–Trinajstić information content (AvgIpc) is 3.57. The molecular formula is C26H22N2O3. The van der Waals surface area contributed by atoms with Crippen molar-refractivity contribution in [3.8, 4) is 11.4 Å². The number of aryl methyl sites for hydroxylation is 2. The van der Waals surface area contributed by atoms with Gasteiger partial charge in [-0.15, -0.1) is 0 Å². The smallest absolute Gasteiger partial charge is 0.185 e. The van der Waals surface area contributed by atoms with Crippen LogP contribution in [-0.2, 0) is 19.4 Å². The summed E-state index contributed by atoms with van der Waals surface area (Å²) in [5.74, 6) is 2.13. The van der Waals surface area contributed by atoms with Crippen LogP contribution in [0, 0.1) is 0 Å². The van der Waals surface area contributed by atoms with E-state index in [-0.39, 0.29) is 5.78 Å². The Hall–Kier alpha value is -3.86. The van der Waals surface area contributed by atoms with Gasteiger partial charge in [0.1, 0.15) is 23.9 Å². The highest BCUT2D eigenvalue weighted by molar-refractivity contribution is 6.06. The minimum absolute atomic E-state index is 0.0791. The van der Waals surface area contributed by atoms with Gasteiger partial charge in [-0.05, 0) is 91.1 Å². The maximum Gasteiger partial charge on any atom is 0.185 e. The van der Waals surface area contributed by atoms with Crippen molar-refractivity contribution in [2.45, 2.75) is 25.9 Å². The van der Waals surface area contributed by atoms with E-state index in [4.69, 9.17) is 9.15 Å². The van der Waals surface area contributed by atoms with Gasteiger partial charge in [0.2, 0.25) is 0 Å². The summed E-state index contributed by atoms with van der Waals surface area (Å²) in [4.78, 5) is 16.5. The van der Waals surface area contributed by atoms with E-state index in [2.05, 4.69) is 17.1 Å². The normalized spacial score (nSPS) is 12.9. The molecule has 2 aromatic carbocycles. The molecule has 0 fully saturated rings. The van der Waals surface area contributed by atoms with Gasteiger partial charge >= 0.3 is 0 Å². The Morgan fingerprint density at radius 2 is 1.94 bits per heavy atom. The lowest BCUT2D eigenvalue weighted by Crippen LogP contribution is -1.96. The van der Waals surface area contributed by atoms with E-state index < -0.39 is 0 Å². The van der Waals surface area contributed by atoms with Crippen LogP contribution in [0.25, 0.3) is 11.8 Å². The van der Waals surface area contributed by atoms with Gasteiger partial charge in [-0.1, -0.05) is 6.07 Å². The minimum Gasteiger partial charge on any atom is -0.486 e. The summed E-state index contributed by atoms with van der Waals surface area (Å²) in [7, 11) is 0. The fourth-order valence-electron chi connectivity index (χ4n) is 3.82. The molecule has 5 heteroatoms. The predicted octanol–water partition coefficient (Wildman–Crippen LogP) is 5.43. The number of aromatic nitrogens is 2. The number of hydrogen-bond acceptors (Lipinski definition) is 4. The third-order valence-electron chi connectivity index (χ3n) is 5.49. The number of rotatable bonds is 7. The average molecular weight is 410 g/mol. The number of imidazole rings is 1. The topological polar surface area (TPSA) is 57.3 Å². The summed E-state index contributed by atoms with van der Waals surface area (Å²) in [5.41, 5.74) is 4.39. The van der Waals surface area contributed by atoms with E-state index in [1.165, 1.54) is 23.6 Å². The molecule has 0 bridgehead atoms. The standard InChI is InChI=1S/C26H22N2O3/c29-26(20-4-7-22(8-5-20)28-15-14-27-18-28)13-12-23-10-11-25(31-23)17-30-24-9-6-19-2-1-3-21(19)16-24/h4-16,18H,1-3,17H2/b13-12+. The van der Waals surface area contributed by atoms with Gasteiger partial charge in [0.25, 0.3) is 0 Å². The second-order valence-electron chi connectivity index (χ2n) is 7.59. The Balaban J connectivity index is 1.18. The molecule has 0 unspecified atom stereocenters. The minimum atomic E-state index is -0.0791. The number of nitrogens with zero attached hydrogens (tertiary/aromatic N) is 2. The Morgan fingerprint density at radius 3 is 2.77 bits per heavy atom. The maximum atomic E-state index is 12.5. The zero-order valence-corrected chi connectivity index (χ0v) is 17.0. The van der Waals surface area contributed by atoms with Crippen molar-refractivity contribution in [1.82, 2.24) is 9.55 Å². The Kier molecular flexibility index (Phi) is 5.23. The second kappa shape index (κ2) is 8.48. The number of hydrogen-bond donors (Lipinski definition) is 0. The van der Waals surface area contributed by atoms with Crippen molar-refractivity contribution >= 4 is 11.9 Å². The van der Waals surface area contributed by atoms with Crippen LogP contribution in [0.3, 0.4) is 0 Å². The lowest BCUT2D eigenvalue weighted by Gasteiger charge is -2.06. The molecule has 1 aliphatic rings. The van der Waals surface area contributed by atoms with Gasteiger partial charge in [0, 0.05) is 23.6 Å². The number of allylic oxidation sites excluding steroid dienone is 1. The number of ketones is 1. The number of carbonyl (C=O) groups excluding carboxylic acids is 1. The van der Waals surface area contributed by atoms with Crippen LogP contribution in [0.4, 0.5) is 0 Å². The quantitative estimate of drug-likeness (QED) is 0.301. The highest BCUT2D eigenvalue weighted by Crippen LogP contribution is 2.26. The molecule has 2 heterocycles. The molecular weight excluding hydrogens is 388 g/mol. The molecule has 31 heavy (non-hydrogen) atoms. The summed E-state index contributed by atoms with van der Waals surface area (Å²) in [5, 5.41) is 0. The molecule has 0 saturated carbocycles. The molecule has 0 saturated heterocycles. The maximum absolute atomic E-state index is 12.5. The first-order valence-electron chi connectivity index (χ1n) is 10.4. The number of carbonyl (C=O) groups is 1. The van der Waals surface area contributed by atoms with Gasteiger partial charge in [-0.3, -0.25) is 4.79 Å². The van der Waals surface area contributed by atoms with E-state index in [1.54, 1.807) is 30.7 Å². The fourth-order valence-corrected chi connectivity index (χ4v) is 3.82. The fraction of sp³-hybridized carbons (Fsp3) is 0.154. The van der Waals surface area contributed by atoms with Gasteiger partial charge in [0.15, 0.2) is 5.78 Å². The van der Waals surface area contributed by atoms with Gasteiger partial charge in [-0.25, -0.2) is 4.98 Å². The molecule has 154 valence electrons. The zero-order chi connectivity index (χ0) is 21.0. The molecule has 0 spiro atoms. The largest absolute Gasteiger partial charge is 0.486 e. The van der Waals surface area contributed by atoms with Crippen molar-refractivity contribution in [2.24, 2.45) is 0 Å². The van der Waals surface area contributed by atoms with Crippen LogP contribution in [-0.4, -0.2) is 15.3 Å². The molecule has 0 aliphatic heterocycles. The Morgan fingerprint density at radius 1 is 1.06 bits per heavy atom. The first-order valence-corrected chi connectivity index (χ1v) is 10.4. The van der Waals surface area contributed by atoms with Crippen LogP contribution >= 0.6 is 0 Å². The molecule has 0 N–H and O–H groups in total. The summed E-state index contributed by atoms with van der Waals surface area (Å²) >= 11 is 0.